The summed E-state index contributed by atoms with van der Waals surface area (Å²) in [5, 5.41) is 5.66. The SMILES string of the molecule is Cc1cc(=O)n2nc(N(C)CCOc3cccc(Cl)c3)sc2n1. The fourth-order valence-electron chi connectivity index (χ4n) is 2.02. The van der Waals surface area contributed by atoms with Crippen molar-refractivity contribution < 1.29 is 4.74 Å². The van der Waals surface area contributed by atoms with Gasteiger partial charge in [-0.1, -0.05) is 29.0 Å². The van der Waals surface area contributed by atoms with Crippen molar-refractivity contribution in [3.05, 3.63) is 51.4 Å². The molecule has 120 valence electrons. The van der Waals surface area contributed by atoms with Gasteiger partial charge in [-0.15, -0.1) is 5.10 Å². The topological polar surface area (TPSA) is 59.7 Å². The number of hydrogen-bond donors (Lipinski definition) is 0. The first-order valence-electron chi connectivity index (χ1n) is 7.00. The molecule has 1 aromatic carbocycles. The van der Waals surface area contributed by atoms with E-state index in [1.54, 1.807) is 19.1 Å². The number of nitrogens with zero attached hydrogens (tertiary/aromatic N) is 4. The zero-order chi connectivity index (χ0) is 16.4. The summed E-state index contributed by atoms with van der Waals surface area (Å²) in [5.41, 5.74) is 0.524. The van der Waals surface area contributed by atoms with Gasteiger partial charge in [0.2, 0.25) is 10.1 Å². The number of likely N-dealkylation sites (N-methyl/N-ethyl adjacent to an activating group) is 1. The summed E-state index contributed by atoms with van der Waals surface area (Å²) in [6, 6.07) is 8.74. The molecule has 0 saturated carbocycles. The smallest absolute Gasteiger partial charge is 0.275 e. The highest BCUT2D eigenvalue weighted by Gasteiger charge is 2.11. The van der Waals surface area contributed by atoms with Crippen LogP contribution in [0.3, 0.4) is 0 Å². The molecule has 8 heteroatoms. The number of anilines is 1. The molecule has 0 aliphatic rings. The molecule has 0 atom stereocenters. The van der Waals surface area contributed by atoms with Gasteiger partial charge in [0.15, 0.2) is 0 Å². The normalized spacial score (nSPS) is 10.9. The van der Waals surface area contributed by atoms with Gasteiger partial charge in [-0.05, 0) is 25.1 Å². The van der Waals surface area contributed by atoms with Gasteiger partial charge in [-0.3, -0.25) is 4.79 Å². The number of benzene rings is 1. The third-order valence-electron chi connectivity index (χ3n) is 3.18. The molecule has 0 unspecified atom stereocenters. The molecule has 0 fully saturated rings. The lowest BCUT2D eigenvalue weighted by Crippen LogP contribution is -2.24. The first-order chi connectivity index (χ1) is 11.0. The molecular weight excluding hydrogens is 336 g/mol. The van der Waals surface area contributed by atoms with Crippen molar-refractivity contribution in [2.45, 2.75) is 6.92 Å². The molecule has 0 aliphatic heterocycles. The minimum atomic E-state index is -0.168. The maximum Gasteiger partial charge on any atom is 0.275 e. The van der Waals surface area contributed by atoms with Gasteiger partial charge in [-0.2, -0.15) is 4.52 Å². The second-order valence-electron chi connectivity index (χ2n) is 5.04. The fraction of sp³-hybridized carbons (Fsp3) is 0.267. The second kappa shape index (κ2) is 6.55. The highest BCUT2D eigenvalue weighted by atomic mass is 35.5. The Morgan fingerprint density at radius 3 is 3.00 bits per heavy atom. The Kier molecular flexibility index (Phi) is 4.49. The molecule has 0 spiro atoms. The lowest BCUT2D eigenvalue weighted by molar-refractivity contribution is 0.326. The molecule has 2 aromatic heterocycles. The Morgan fingerprint density at radius 2 is 2.22 bits per heavy atom. The Hall–Kier alpha value is -2.12. The summed E-state index contributed by atoms with van der Waals surface area (Å²) in [6.45, 7) is 2.90. The van der Waals surface area contributed by atoms with E-state index in [4.69, 9.17) is 16.3 Å². The van der Waals surface area contributed by atoms with Crippen LogP contribution in [-0.4, -0.2) is 34.8 Å². The molecule has 3 rings (SSSR count). The fourth-order valence-corrected chi connectivity index (χ4v) is 3.14. The highest BCUT2D eigenvalue weighted by Crippen LogP contribution is 2.20. The number of rotatable bonds is 5. The van der Waals surface area contributed by atoms with Crippen LogP contribution in [0.1, 0.15) is 5.69 Å². The summed E-state index contributed by atoms with van der Waals surface area (Å²) >= 11 is 7.29. The van der Waals surface area contributed by atoms with E-state index < -0.39 is 0 Å². The number of fused-ring (bicyclic) bond motifs is 1. The first kappa shape index (κ1) is 15.8. The van der Waals surface area contributed by atoms with E-state index in [-0.39, 0.29) is 5.56 Å². The molecule has 3 aromatic rings. The molecule has 0 radical (unpaired) electrons. The maximum absolute atomic E-state index is 11.9. The summed E-state index contributed by atoms with van der Waals surface area (Å²) in [4.78, 5) is 18.7. The van der Waals surface area contributed by atoms with E-state index in [1.807, 2.05) is 24.1 Å². The largest absolute Gasteiger partial charge is 0.492 e. The van der Waals surface area contributed by atoms with Crippen LogP contribution >= 0.6 is 22.9 Å². The molecule has 23 heavy (non-hydrogen) atoms. The van der Waals surface area contributed by atoms with Crippen molar-refractivity contribution in [1.82, 2.24) is 14.6 Å². The van der Waals surface area contributed by atoms with Crippen molar-refractivity contribution in [2.75, 3.05) is 25.1 Å². The average molecular weight is 351 g/mol. The second-order valence-corrected chi connectivity index (χ2v) is 6.41. The van der Waals surface area contributed by atoms with Gasteiger partial charge < -0.3 is 9.64 Å². The summed E-state index contributed by atoms with van der Waals surface area (Å²) in [6.07, 6.45) is 0. The molecule has 0 aliphatic carbocycles. The molecular formula is C15H15ClN4O2S. The Labute approximate surface area is 141 Å². The summed E-state index contributed by atoms with van der Waals surface area (Å²) < 4.78 is 6.98. The predicted octanol–water partition coefficient (Wildman–Crippen LogP) is 2.63. The summed E-state index contributed by atoms with van der Waals surface area (Å²) in [7, 11) is 1.90. The molecule has 6 nitrogen and oxygen atoms in total. The van der Waals surface area contributed by atoms with Crippen LogP contribution in [0, 0.1) is 6.92 Å². The quantitative estimate of drug-likeness (QED) is 0.708. The van der Waals surface area contributed by atoms with Gasteiger partial charge >= 0.3 is 0 Å². The van der Waals surface area contributed by atoms with Crippen molar-refractivity contribution >= 4 is 33.0 Å². The monoisotopic (exact) mass is 350 g/mol. The molecule has 0 N–H and O–H groups in total. The minimum absolute atomic E-state index is 0.168. The van der Waals surface area contributed by atoms with Crippen molar-refractivity contribution in [3.63, 3.8) is 0 Å². The lowest BCUT2D eigenvalue weighted by atomic mass is 10.3. The molecule has 0 bridgehead atoms. The summed E-state index contributed by atoms with van der Waals surface area (Å²) in [5.74, 6) is 0.726. The van der Waals surface area contributed by atoms with Crippen LogP contribution in [0.15, 0.2) is 35.1 Å². The Bertz CT molecular complexity index is 893. The van der Waals surface area contributed by atoms with Crippen LogP contribution in [0.25, 0.3) is 4.96 Å². The number of ether oxygens (including phenoxy) is 1. The number of aryl methyl sites for hydroxylation is 1. The van der Waals surface area contributed by atoms with E-state index in [2.05, 4.69) is 10.1 Å². The Morgan fingerprint density at radius 1 is 1.39 bits per heavy atom. The van der Waals surface area contributed by atoms with Gasteiger partial charge in [0.1, 0.15) is 12.4 Å². The zero-order valence-corrected chi connectivity index (χ0v) is 14.3. The Balaban J connectivity index is 1.67. The van der Waals surface area contributed by atoms with Gasteiger partial charge in [0, 0.05) is 23.8 Å². The molecule has 0 saturated heterocycles. The van der Waals surface area contributed by atoms with E-state index in [1.165, 1.54) is 21.9 Å². The van der Waals surface area contributed by atoms with E-state index in [9.17, 15) is 4.79 Å². The zero-order valence-electron chi connectivity index (χ0n) is 12.7. The van der Waals surface area contributed by atoms with Gasteiger partial charge in [0.05, 0.1) is 6.54 Å². The minimum Gasteiger partial charge on any atom is -0.492 e. The first-order valence-corrected chi connectivity index (χ1v) is 8.19. The van der Waals surface area contributed by atoms with Crippen LogP contribution in [0.2, 0.25) is 5.02 Å². The maximum atomic E-state index is 11.9. The van der Waals surface area contributed by atoms with Crippen LogP contribution in [0.4, 0.5) is 5.13 Å². The van der Waals surface area contributed by atoms with Crippen LogP contribution < -0.4 is 15.2 Å². The van der Waals surface area contributed by atoms with E-state index in [0.29, 0.717) is 28.8 Å². The predicted molar refractivity (Wildman–Crippen MR) is 92.1 cm³/mol. The van der Waals surface area contributed by atoms with E-state index >= 15 is 0 Å². The average Bonchev–Trinajstić information content (AvgIpc) is 2.91. The van der Waals surface area contributed by atoms with Crippen LogP contribution in [0.5, 0.6) is 5.75 Å². The standard InChI is InChI=1S/C15H15ClN4O2S/c1-10-8-13(21)20-14(17-10)23-15(18-20)19(2)6-7-22-12-5-3-4-11(16)9-12/h3-5,8-9H,6-7H2,1-2H3. The van der Waals surface area contributed by atoms with Crippen molar-refractivity contribution in [2.24, 2.45) is 0 Å². The molecule has 2 heterocycles. The van der Waals surface area contributed by atoms with Gasteiger partial charge in [0.25, 0.3) is 5.56 Å². The number of aromatic nitrogens is 3. The van der Waals surface area contributed by atoms with Crippen molar-refractivity contribution in [1.29, 1.82) is 0 Å². The number of hydrogen-bond acceptors (Lipinski definition) is 6. The van der Waals surface area contributed by atoms with Crippen LogP contribution in [-0.2, 0) is 0 Å². The molecule has 0 amide bonds. The lowest BCUT2D eigenvalue weighted by Gasteiger charge is -2.15. The number of halogens is 1. The van der Waals surface area contributed by atoms with E-state index in [0.717, 1.165) is 10.9 Å². The highest BCUT2D eigenvalue weighted by molar-refractivity contribution is 7.20. The third-order valence-corrected chi connectivity index (χ3v) is 4.44. The van der Waals surface area contributed by atoms with Gasteiger partial charge in [-0.25, -0.2) is 4.98 Å². The van der Waals surface area contributed by atoms with Crippen molar-refractivity contribution in [3.8, 4) is 5.75 Å². The third kappa shape index (κ3) is 3.62.